The van der Waals surface area contributed by atoms with E-state index in [-0.39, 0.29) is 30.3 Å². The molecule has 3 N–H and O–H groups in total. The van der Waals surface area contributed by atoms with Gasteiger partial charge in [0.15, 0.2) is 0 Å². The zero-order chi connectivity index (χ0) is 14.9. The molecule has 7 heteroatoms. The van der Waals surface area contributed by atoms with Crippen molar-refractivity contribution in [1.82, 2.24) is 4.90 Å². The molecule has 1 aliphatic heterocycles. The lowest BCUT2D eigenvalue weighted by molar-refractivity contribution is -0.137. The average Bonchev–Trinajstić information content (AvgIpc) is 2.64. The Morgan fingerprint density at radius 3 is 2.70 bits per heavy atom. The molecule has 0 fully saturated rings. The number of hydrogen-bond acceptors (Lipinski definition) is 5. The Bertz CT molecular complexity index is 613. The standard InChI is InChI=1S/C13H13FN2O4/c1-7-4-8(14)9(5-11(7)18)15-10-6-12(19)16(2-3-17)13(10)20/h4-6,15,17-18H,2-3H2,1H3. The van der Waals surface area contributed by atoms with E-state index in [1.807, 2.05) is 0 Å². The van der Waals surface area contributed by atoms with Crippen LogP contribution in [0.4, 0.5) is 10.1 Å². The predicted molar refractivity (Wildman–Crippen MR) is 68.3 cm³/mol. The van der Waals surface area contributed by atoms with Crippen molar-refractivity contribution in [2.45, 2.75) is 6.92 Å². The molecule has 0 bridgehead atoms. The molecule has 1 aromatic rings. The quantitative estimate of drug-likeness (QED) is 0.699. The number of aryl methyl sites for hydroxylation is 1. The number of phenols is 1. The Morgan fingerprint density at radius 2 is 2.05 bits per heavy atom. The van der Waals surface area contributed by atoms with Gasteiger partial charge in [-0.25, -0.2) is 4.39 Å². The van der Waals surface area contributed by atoms with Gasteiger partial charge < -0.3 is 15.5 Å². The van der Waals surface area contributed by atoms with E-state index in [1.54, 1.807) is 0 Å². The summed E-state index contributed by atoms with van der Waals surface area (Å²) in [5, 5.41) is 20.8. The minimum atomic E-state index is -0.651. The number of hydrogen-bond donors (Lipinski definition) is 3. The van der Waals surface area contributed by atoms with Gasteiger partial charge in [-0.05, 0) is 18.6 Å². The third-order valence-electron chi connectivity index (χ3n) is 2.89. The number of halogens is 1. The van der Waals surface area contributed by atoms with Crippen LogP contribution in [-0.4, -0.2) is 40.1 Å². The number of nitrogens with one attached hydrogen (secondary N) is 1. The summed E-state index contributed by atoms with van der Waals surface area (Å²) >= 11 is 0. The molecule has 0 unspecified atom stereocenters. The molecular weight excluding hydrogens is 267 g/mol. The summed E-state index contributed by atoms with van der Waals surface area (Å²) in [6, 6.07) is 2.25. The first kappa shape index (κ1) is 14.0. The predicted octanol–water partition coefficient (Wildman–Crippen LogP) is 0.497. The van der Waals surface area contributed by atoms with E-state index < -0.39 is 17.6 Å². The van der Waals surface area contributed by atoms with Gasteiger partial charge in [0.1, 0.15) is 17.3 Å². The number of anilines is 1. The topological polar surface area (TPSA) is 89.9 Å². The molecule has 1 aromatic carbocycles. The highest BCUT2D eigenvalue weighted by atomic mass is 19.1. The molecule has 0 atom stereocenters. The maximum Gasteiger partial charge on any atom is 0.277 e. The van der Waals surface area contributed by atoms with Gasteiger partial charge in [-0.1, -0.05) is 0 Å². The van der Waals surface area contributed by atoms with Gasteiger partial charge in [-0.2, -0.15) is 0 Å². The van der Waals surface area contributed by atoms with Gasteiger partial charge in [0.2, 0.25) is 0 Å². The maximum absolute atomic E-state index is 13.7. The van der Waals surface area contributed by atoms with Crippen molar-refractivity contribution in [3.63, 3.8) is 0 Å². The monoisotopic (exact) mass is 280 g/mol. The van der Waals surface area contributed by atoms with Crippen LogP contribution in [0.1, 0.15) is 5.56 Å². The molecule has 0 aromatic heterocycles. The van der Waals surface area contributed by atoms with Crippen molar-refractivity contribution in [3.05, 3.63) is 35.3 Å². The molecule has 0 radical (unpaired) electrons. The van der Waals surface area contributed by atoms with Crippen LogP contribution in [0.2, 0.25) is 0 Å². The van der Waals surface area contributed by atoms with Crippen LogP contribution >= 0.6 is 0 Å². The van der Waals surface area contributed by atoms with Gasteiger partial charge >= 0.3 is 0 Å². The smallest absolute Gasteiger partial charge is 0.277 e. The molecule has 0 aliphatic carbocycles. The Kier molecular flexibility index (Phi) is 3.71. The Hall–Kier alpha value is -2.41. The van der Waals surface area contributed by atoms with Gasteiger partial charge in [0, 0.05) is 12.1 Å². The lowest BCUT2D eigenvalue weighted by Crippen LogP contribution is -2.34. The van der Waals surface area contributed by atoms with Crippen LogP contribution in [0.5, 0.6) is 5.75 Å². The van der Waals surface area contributed by atoms with Crippen LogP contribution < -0.4 is 5.32 Å². The number of aliphatic hydroxyl groups excluding tert-OH is 1. The zero-order valence-corrected chi connectivity index (χ0v) is 10.7. The highest BCUT2D eigenvalue weighted by Gasteiger charge is 2.31. The van der Waals surface area contributed by atoms with Gasteiger partial charge in [0.05, 0.1) is 18.8 Å². The summed E-state index contributed by atoms with van der Waals surface area (Å²) < 4.78 is 13.7. The van der Waals surface area contributed by atoms with E-state index in [1.165, 1.54) is 6.92 Å². The third kappa shape index (κ3) is 2.48. The average molecular weight is 280 g/mol. The fourth-order valence-corrected chi connectivity index (χ4v) is 1.81. The van der Waals surface area contributed by atoms with E-state index in [2.05, 4.69) is 5.32 Å². The minimum Gasteiger partial charge on any atom is -0.508 e. The highest BCUT2D eigenvalue weighted by molar-refractivity contribution is 6.17. The van der Waals surface area contributed by atoms with E-state index in [0.29, 0.717) is 5.56 Å². The lowest BCUT2D eigenvalue weighted by Gasteiger charge is -2.14. The lowest BCUT2D eigenvalue weighted by atomic mass is 10.2. The third-order valence-corrected chi connectivity index (χ3v) is 2.89. The summed E-state index contributed by atoms with van der Waals surface area (Å²) in [7, 11) is 0. The summed E-state index contributed by atoms with van der Waals surface area (Å²) in [6.45, 7) is 1.06. The number of aromatic hydroxyl groups is 1. The number of aliphatic hydroxyl groups is 1. The molecule has 20 heavy (non-hydrogen) atoms. The summed E-state index contributed by atoms with van der Waals surface area (Å²) in [5.41, 5.74) is 0.148. The normalized spacial score (nSPS) is 14.8. The molecule has 106 valence electrons. The molecule has 0 saturated carbocycles. The van der Waals surface area contributed by atoms with Crippen molar-refractivity contribution in [1.29, 1.82) is 0 Å². The Morgan fingerprint density at radius 1 is 1.35 bits per heavy atom. The number of phenolic OH excluding ortho intramolecular Hbond substituents is 1. The first-order valence-electron chi connectivity index (χ1n) is 5.88. The van der Waals surface area contributed by atoms with Crippen LogP contribution in [0.3, 0.4) is 0 Å². The fourth-order valence-electron chi connectivity index (χ4n) is 1.81. The molecule has 6 nitrogen and oxygen atoms in total. The highest BCUT2D eigenvalue weighted by Crippen LogP contribution is 2.26. The molecule has 2 rings (SSSR count). The second-order valence-electron chi connectivity index (χ2n) is 4.32. The number of nitrogens with zero attached hydrogens (tertiary/aromatic N) is 1. The summed E-state index contributed by atoms with van der Waals surface area (Å²) in [6.07, 6.45) is 1.02. The molecule has 0 saturated heterocycles. The Labute approximate surface area is 114 Å². The molecular formula is C13H13FN2O4. The van der Waals surface area contributed by atoms with Crippen LogP contribution in [0, 0.1) is 12.7 Å². The first-order valence-corrected chi connectivity index (χ1v) is 5.88. The molecule has 1 aliphatic rings. The second-order valence-corrected chi connectivity index (χ2v) is 4.32. The second kappa shape index (κ2) is 5.30. The zero-order valence-electron chi connectivity index (χ0n) is 10.7. The molecule has 1 heterocycles. The van der Waals surface area contributed by atoms with Crippen molar-refractivity contribution in [3.8, 4) is 5.75 Å². The van der Waals surface area contributed by atoms with Gasteiger partial charge in [0.25, 0.3) is 11.8 Å². The number of carbonyl (C=O) groups excluding carboxylic acids is 2. The van der Waals surface area contributed by atoms with E-state index in [9.17, 15) is 19.1 Å². The van der Waals surface area contributed by atoms with Crippen molar-refractivity contribution in [2.24, 2.45) is 0 Å². The van der Waals surface area contributed by atoms with E-state index in [4.69, 9.17) is 5.11 Å². The van der Waals surface area contributed by atoms with Crippen LogP contribution in [-0.2, 0) is 9.59 Å². The van der Waals surface area contributed by atoms with Crippen molar-refractivity contribution < 1.29 is 24.2 Å². The van der Waals surface area contributed by atoms with E-state index >= 15 is 0 Å². The number of β-amino-alcohol motifs (C(OH)–C–C–N with tert-alkyl or cyclic N) is 1. The minimum absolute atomic E-state index is 0.105. The largest absolute Gasteiger partial charge is 0.508 e. The van der Waals surface area contributed by atoms with Crippen LogP contribution in [0.15, 0.2) is 23.9 Å². The Balaban J connectivity index is 2.23. The summed E-state index contributed by atoms with van der Waals surface area (Å²) in [4.78, 5) is 24.2. The fraction of sp³-hybridized carbons (Fsp3) is 0.231. The number of imide groups is 1. The molecule has 0 spiro atoms. The van der Waals surface area contributed by atoms with Crippen molar-refractivity contribution >= 4 is 17.5 Å². The summed E-state index contributed by atoms with van der Waals surface area (Å²) in [5.74, 6) is -2.01. The van der Waals surface area contributed by atoms with Gasteiger partial charge in [-0.15, -0.1) is 0 Å². The number of benzene rings is 1. The first-order chi connectivity index (χ1) is 9.43. The maximum atomic E-state index is 13.7. The number of carbonyl (C=O) groups is 2. The SMILES string of the molecule is Cc1cc(F)c(NC2=CC(=O)N(CCO)C2=O)cc1O. The van der Waals surface area contributed by atoms with E-state index in [0.717, 1.165) is 23.1 Å². The number of rotatable bonds is 4. The molecule has 2 amide bonds. The van der Waals surface area contributed by atoms with Gasteiger partial charge in [-0.3, -0.25) is 14.5 Å². The van der Waals surface area contributed by atoms with Crippen LogP contribution in [0.25, 0.3) is 0 Å². The number of amides is 2. The van der Waals surface area contributed by atoms with Crippen molar-refractivity contribution in [2.75, 3.05) is 18.5 Å².